The lowest BCUT2D eigenvalue weighted by molar-refractivity contribution is 0.0698. The van der Waals surface area contributed by atoms with Gasteiger partial charge >= 0.3 is 5.97 Å². The van der Waals surface area contributed by atoms with Crippen molar-refractivity contribution in [2.24, 2.45) is 0 Å². The van der Waals surface area contributed by atoms with Crippen LogP contribution in [-0.4, -0.2) is 24.7 Å². The van der Waals surface area contributed by atoms with Gasteiger partial charge in [-0.1, -0.05) is 12.8 Å². The topological polar surface area (TPSA) is 83.5 Å². The summed E-state index contributed by atoms with van der Waals surface area (Å²) >= 11 is 0. The van der Waals surface area contributed by atoms with Crippen LogP contribution < -0.4 is 4.72 Å². The number of carbonyl (C=O) groups is 1. The lowest BCUT2D eigenvalue weighted by Gasteiger charge is -2.14. The lowest BCUT2D eigenvalue weighted by atomic mass is 10.2. The second kappa shape index (κ2) is 5.16. The summed E-state index contributed by atoms with van der Waals surface area (Å²) in [5.74, 6) is -1.99. The van der Waals surface area contributed by atoms with Gasteiger partial charge in [0.1, 0.15) is 5.82 Å². The van der Waals surface area contributed by atoms with E-state index in [1.165, 1.54) is 0 Å². The van der Waals surface area contributed by atoms with Gasteiger partial charge < -0.3 is 5.11 Å². The van der Waals surface area contributed by atoms with Gasteiger partial charge in [-0.05, 0) is 31.0 Å². The van der Waals surface area contributed by atoms with E-state index in [-0.39, 0.29) is 11.3 Å². The fourth-order valence-corrected chi connectivity index (χ4v) is 3.82. The predicted octanol–water partition coefficient (Wildman–Crippen LogP) is 2.21. The number of nitrogens with one attached hydrogen (secondary N) is 1. The van der Waals surface area contributed by atoms with E-state index in [0.717, 1.165) is 31.0 Å². The first kappa shape index (κ1) is 13.8. The maximum atomic E-state index is 13.1. The standard InChI is InChI=1S/C12H14FNO4S/c13-8-5-6-10(12(15)16)11(7-8)14-19(17,18)9-3-1-2-4-9/h5-7,9,14H,1-4H2,(H,15,16). The number of hydrogen-bond donors (Lipinski definition) is 2. The van der Waals surface area contributed by atoms with Crippen molar-refractivity contribution in [1.82, 2.24) is 0 Å². The molecule has 1 saturated carbocycles. The Morgan fingerprint density at radius 2 is 1.95 bits per heavy atom. The zero-order valence-electron chi connectivity index (χ0n) is 10.1. The number of sulfonamides is 1. The van der Waals surface area contributed by atoms with E-state index < -0.39 is 27.1 Å². The van der Waals surface area contributed by atoms with Crippen LogP contribution in [0, 0.1) is 5.82 Å². The molecule has 0 aliphatic heterocycles. The van der Waals surface area contributed by atoms with Crippen LogP contribution in [0.2, 0.25) is 0 Å². The first-order chi connectivity index (χ1) is 8.90. The monoisotopic (exact) mass is 287 g/mol. The molecule has 1 aromatic carbocycles. The van der Waals surface area contributed by atoms with Crippen molar-refractivity contribution in [3.63, 3.8) is 0 Å². The Morgan fingerprint density at radius 3 is 2.53 bits per heavy atom. The molecule has 7 heteroatoms. The number of hydrogen-bond acceptors (Lipinski definition) is 3. The fraction of sp³-hybridized carbons (Fsp3) is 0.417. The molecule has 0 radical (unpaired) electrons. The average molecular weight is 287 g/mol. The van der Waals surface area contributed by atoms with Gasteiger partial charge in [-0.3, -0.25) is 4.72 Å². The largest absolute Gasteiger partial charge is 0.478 e. The number of carboxylic acid groups (broad SMARTS) is 1. The highest BCUT2D eigenvalue weighted by atomic mass is 32.2. The summed E-state index contributed by atoms with van der Waals surface area (Å²) in [6, 6.07) is 2.91. The van der Waals surface area contributed by atoms with E-state index in [0.29, 0.717) is 12.8 Å². The van der Waals surface area contributed by atoms with Gasteiger partial charge in [0.2, 0.25) is 10.0 Å². The van der Waals surface area contributed by atoms with Gasteiger partial charge in [0.25, 0.3) is 0 Å². The number of benzene rings is 1. The number of anilines is 1. The van der Waals surface area contributed by atoms with E-state index in [1.807, 2.05) is 0 Å². The second-order valence-electron chi connectivity index (χ2n) is 4.55. The van der Waals surface area contributed by atoms with Crippen molar-refractivity contribution in [1.29, 1.82) is 0 Å². The zero-order valence-corrected chi connectivity index (χ0v) is 10.9. The van der Waals surface area contributed by atoms with Crippen molar-refractivity contribution >= 4 is 21.7 Å². The molecular weight excluding hydrogens is 273 g/mol. The summed E-state index contributed by atoms with van der Waals surface area (Å²) < 4.78 is 39.5. The van der Waals surface area contributed by atoms with E-state index in [4.69, 9.17) is 5.11 Å². The molecule has 19 heavy (non-hydrogen) atoms. The second-order valence-corrected chi connectivity index (χ2v) is 6.51. The summed E-state index contributed by atoms with van der Waals surface area (Å²) in [5, 5.41) is 8.43. The highest BCUT2D eigenvalue weighted by Gasteiger charge is 2.29. The predicted molar refractivity (Wildman–Crippen MR) is 68.2 cm³/mol. The molecule has 104 valence electrons. The molecule has 5 nitrogen and oxygen atoms in total. The van der Waals surface area contributed by atoms with Crippen molar-refractivity contribution in [3.8, 4) is 0 Å². The van der Waals surface area contributed by atoms with Gasteiger partial charge in [-0.2, -0.15) is 0 Å². The highest BCUT2D eigenvalue weighted by molar-refractivity contribution is 7.93. The van der Waals surface area contributed by atoms with Crippen molar-refractivity contribution in [3.05, 3.63) is 29.6 Å². The average Bonchev–Trinajstić information content (AvgIpc) is 2.81. The lowest BCUT2D eigenvalue weighted by Crippen LogP contribution is -2.26. The minimum atomic E-state index is -3.67. The van der Waals surface area contributed by atoms with E-state index in [9.17, 15) is 17.6 Å². The van der Waals surface area contributed by atoms with E-state index >= 15 is 0 Å². The highest BCUT2D eigenvalue weighted by Crippen LogP contribution is 2.27. The van der Waals surface area contributed by atoms with Crippen molar-refractivity contribution in [2.45, 2.75) is 30.9 Å². The van der Waals surface area contributed by atoms with Crippen LogP contribution in [0.3, 0.4) is 0 Å². The van der Waals surface area contributed by atoms with Gasteiger partial charge in [0.15, 0.2) is 0 Å². The zero-order chi connectivity index (χ0) is 14.0. The van der Waals surface area contributed by atoms with Crippen LogP contribution in [0.1, 0.15) is 36.0 Å². The minimum absolute atomic E-state index is 0.223. The maximum Gasteiger partial charge on any atom is 0.337 e. The SMILES string of the molecule is O=C(O)c1ccc(F)cc1NS(=O)(=O)C1CCCC1. The third kappa shape index (κ3) is 3.04. The van der Waals surface area contributed by atoms with Gasteiger partial charge in [-0.25, -0.2) is 17.6 Å². The Labute approximate surface area is 110 Å². The summed E-state index contributed by atoms with van der Waals surface area (Å²) in [4.78, 5) is 11.0. The Morgan fingerprint density at radius 1 is 1.32 bits per heavy atom. The molecule has 1 fully saturated rings. The minimum Gasteiger partial charge on any atom is -0.478 e. The molecule has 0 saturated heterocycles. The Balaban J connectivity index is 2.32. The quantitative estimate of drug-likeness (QED) is 0.889. The molecule has 1 aromatic rings. The third-order valence-corrected chi connectivity index (χ3v) is 5.06. The number of aromatic carboxylic acids is 1. The molecule has 0 spiro atoms. The molecule has 0 bridgehead atoms. The van der Waals surface area contributed by atoms with Crippen LogP contribution in [-0.2, 0) is 10.0 Å². The van der Waals surface area contributed by atoms with Crippen LogP contribution >= 0.6 is 0 Å². The molecule has 0 heterocycles. The van der Waals surface area contributed by atoms with E-state index in [1.54, 1.807) is 0 Å². The van der Waals surface area contributed by atoms with Gasteiger partial charge in [-0.15, -0.1) is 0 Å². The molecule has 0 amide bonds. The summed E-state index contributed by atoms with van der Waals surface area (Å²) in [6.45, 7) is 0. The first-order valence-electron chi connectivity index (χ1n) is 5.94. The van der Waals surface area contributed by atoms with Crippen LogP contribution in [0.4, 0.5) is 10.1 Å². The summed E-state index contributed by atoms with van der Waals surface area (Å²) in [7, 11) is -3.67. The van der Waals surface area contributed by atoms with Crippen LogP contribution in [0.5, 0.6) is 0 Å². The molecule has 1 aliphatic rings. The fourth-order valence-electron chi connectivity index (χ4n) is 2.22. The Kier molecular flexibility index (Phi) is 3.75. The normalized spacial score (nSPS) is 16.5. The van der Waals surface area contributed by atoms with E-state index in [2.05, 4.69) is 4.72 Å². The van der Waals surface area contributed by atoms with Crippen molar-refractivity contribution < 1.29 is 22.7 Å². The number of carboxylic acids is 1. The molecule has 0 atom stereocenters. The van der Waals surface area contributed by atoms with Crippen LogP contribution in [0.15, 0.2) is 18.2 Å². The molecule has 1 aliphatic carbocycles. The first-order valence-corrected chi connectivity index (χ1v) is 7.49. The maximum absolute atomic E-state index is 13.1. The third-order valence-electron chi connectivity index (χ3n) is 3.21. The van der Waals surface area contributed by atoms with Crippen LogP contribution in [0.25, 0.3) is 0 Å². The molecule has 2 rings (SSSR count). The Hall–Kier alpha value is -1.63. The van der Waals surface area contributed by atoms with Gasteiger partial charge in [0.05, 0.1) is 16.5 Å². The number of halogens is 1. The van der Waals surface area contributed by atoms with Crippen molar-refractivity contribution in [2.75, 3.05) is 4.72 Å². The van der Waals surface area contributed by atoms with Gasteiger partial charge in [0, 0.05) is 0 Å². The number of rotatable bonds is 4. The summed E-state index contributed by atoms with van der Waals surface area (Å²) in [5.41, 5.74) is -0.484. The smallest absolute Gasteiger partial charge is 0.337 e. The molecular formula is C12H14FNO4S. The molecule has 0 aromatic heterocycles. The summed E-state index contributed by atoms with van der Waals surface area (Å²) in [6.07, 6.45) is 2.77. The molecule has 0 unspecified atom stereocenters. The molecule has 2 N–H and O–H groups in total. The Bertz CT molecular complexity index is 594.